The van der Waals surface area contributed by atoms with E-state index >= 15 is 0 Å². The van der Waals surface area contributed by atoms with E-state index in [1.54, 1.807) is 18.2 Å². The fourth-order valence-corrected chi connectivity index (χ4v) is 3.26. The number of aromatic hydroxyl groups is 1. The average Bonchev–Trinajstić information content (AvgIpc) is 2.61. The monoisotopic (exact) mass is 328 g/mol. The van der Waals surface area contributed by atoms with Gasteiger partial charge in [-0.2, -0.15) is 0 Å². The summed E-state index contributed by atoms with van der Waals surface area (Å²) in [5.41, 5.74) is 5.80. The number of aryl methyl sites for hydroxylation is 2. The van der Waals surface area contributed by atoms with Crippen molar-refractivity contribution < 1.29 is 14.7 Å². The van der Waals surface area contributed by atoms with Crippen molar-refractivity contribution in [3.8, 4) is 28.0 Å². The van der Waals surface area contributed by atoms with Crippen molar-refractivity contribution in [1.82, 2.24) is 0 Å². The summed E-state index contributed by atoms with van der Waals surface area (Å²) in [6.07, 6.45) is 0. The fraction of sp³-hybridized carbons (Fsp3) is 0.0909. The highest BCUT2D eigenvalue weighted by Crippen LogP contribution is 2.37. The zero-order chi connectivity index (χ0) is 17.7. The number of benzene rings is 3. The number of rotatable bonds is 1. The zero-order valence-corrected chi connectivity index (χ0v) is 14.0. The minimum absolute atomic E-state index is 0.207. The quantitative estimate of drug-likeness (QED) is 0.658. The Hall–Kier alpha value is -3.20. The standard InChI is InChI=1S/C22H16O3/c1-12-3-7-16-17-8-6-14(15-5-4-13(2)20(23)11-15)10-19(17)22(25)21(24)18(16)9-12/h3-11,23H,1-2H3. The second-order valence-electron chi connectivity index (χ2n) is 6.47. The van der Waals surface area contributed by atoms with Gasteiger partial charge in [0.2, 0.25) is 11.6 Å². The van der Waals surface area contributed by atoms with E-state index in [4.69, 9.17) is 0 Å². The Balaban J connectivity index is 1.91. The second-order valence-corrected chi connectivity index (χ2v) is 6.47. The van der Waals surface area contributed by atoms with Gasteiger partial charge in [0, 0.05) is 11.1 Å². The maximum atomic E-state index is 12.6. The molecule has 1 aliphatic rings. The van der Waals surface area contributed by atoms with Crippen LogP contribution in [0.15, 0.2) is 54.6 Å². The highest BCUT2D eigenvalue weighted by atomic mass is 16.3. The molecule has 3 aromatic rings. The average molecular weight is 328 g/mol. The molecule has 0 amide bonds. The number of fused-ring (bicyclic) bond motifs is 3. The van der Waals surface area contributed by atoms with Crippen LogP contribution in [0.3, 0.4) is 0 Å². The summed E-state index contributed by atoms with van der Waals surface area (Å²) >= 11 is 0. The number of carbonyl (C=O) groups excluding carboxylic acids is 2. The number of Topliss-reactive ketones (excluding diaryl/α,β-unsaturated/α-hetero) is 2. The van der Waals surface area contributed by atoms with Gasteiger partial charge in [0.1, 0.15) is 5.75 Å². The molecule has 0 aliphatic heterocycles. The van der Waals surface area contributed by atoms with Gasteiger partial charge in [-0.1, -0.05) is 42.0 Å². The highest BCUT2D eigenvalue weighted by Gasteiger charge is 2.30. The molecule has 25 heavy (non-hydrogen) atoms. The molecule has 0 unspecified atom stereocenters. The first-order valence-electron chi connectivity index (χ1n) is 8.10. The van der Waals surface area contributed by atoms with Crippen LogP contribution in [0.25, 0.3) is 22.3 Å². The number of ketones is 2. The van der Waals surface area contributed by atoms with E-state index in [9.17, 15) is 14.7 Å². The Morgan fingerprint density at radius 2 is 1.20 bits per heavy atom. The Labute approximate surface area is 145 Å². The summed E-state index contributed by atoms with van der Waals surface area (Å²) in [5.74, 6) is -0.736. The Bertz CT molecular complexity index is 1060. The first-order chi connectivity index (χ1) is 12.0. The van der Waals surface area contributed by atoms with Crippen LogP contribution in [0, 0.1) is 13.8 Å². The molecule has 3 nitrogen and oxygen atoms in total. The number of hydrogen-bond donors (Lipinski definition) is 1. The molecule has 0 spiro atoms. The molecule has 3 heteroatoms. The van der Waals surface area contributed by atoms with Crippen LogP contribution in [0.2, 0.25) is 0 Å². The van der Waals surface area contributed by atoms with E-state index in [-0.39, 0.29) is 5.75 Å². The Morgan fingerprint density at radius 1 is 0.640 bits per heavy atom. The van der Waals surface area contributed by atoms with Gasteiger partial charge in [-0.3, -0.25) is 9.59 Å². The number of phenols is 1. The normalized spacial score (nSPS) is 12.7. The van der Waals surface area contributed by atoms with Gasteiger partial charge in [0.15, 0.2) is 0 Å². The van der Waals surface area contributed by atoms with Crippen LogP contribution in [0.1, 0.15) is 31.8 Å². The second kappa shape index (κ2) is 5.42. The molecule has 3 aromatic carbocycles. The predicted molar refractivity (Wildman–Crippen MR) is 97.1 cm³/mol. The van der Waals surface area contributed by atoms with Gasteiger partial charge in [0.05, 0.1) is 0 Å². The van der Waals surface area contributed by atoms with Crippen molar-refractivity contribution in [1.29, 1.82) is 0 Å². The molecular weight excluding hydrogens is 312 g/mol. The smallest absolute Gasteiger partial charge is 0.234 e. The van der Waals surface area contributed by atoms with E-state index in [2.05, 4.69) is 0 Å². The van der Waals surface area contributed by atoms with Crippen LogP contribution in [0.5, 0.6) is 5.75 Å². The minimum Gasteiger partial charge on any atom is -0.508 e. The molecule has 0 saturated heterocycles. The molecule has 1 aliphatic carbocycles. The van der Waals surface area contributed by atoms with E-state index in [0.29, 0.717) is 11.1 Å². The lowest BCUT2D eigenvalue weighted by Gasteiger charge is -2.19. The Kier molecular flexibility index (Phi) is 3.32. The van der Waals surface area contributed by atoms with Gasteiger partial charge in [-0.25, -0.2) is 0 Å². The molecule has 0 heterocycles. The van der Waals surface area contributed by atoms with E-state index in [1.807, 2.05) is 50.2 Å². The van der Waals surface area contributed by atoms with Gasteiger partial charge < -0.3 is 5.11 Å². The molecular formula is C22H16O3. The van der Waals surface area contributed by atoms with Crippen molar-refractivity contribution in [3.63, 3.8) is 0 Å². The van der Waals surface area contributed by atoms with Crippen LogP contribution < -0.4 is 0 Å². The lowest BCUT2D eigenvalue weighted by atomic mass is 9.82. The van der Waals surface area contributed by atoms with Crippen LogP contribution in [-0.4, -0.2) is 16.7 Å². The molecule has 1 N–H and O–H groups in total. The SMILES string of the molecule is Cc1ccc2c(c1)C(=O)C(=O)c1cc(-c3ccc(C)c(O)c3)ccc1-2. The van der Waals surface area contributed by atoms with Crippen LogP contribution in [0.4, 0.5) is 0 Å². The molecule has 0 atom stereocenters. The van der Waals surface area contributed by atoms with Crippen molar-refractivity contribution in [2.75, 3.05) is 0 Å². The van der Waals surface area contributed by atoms with Crippen LogP contribution >= 0.6 is 0 Å². The first-order valence-corrected chi connectivity index (χ1v) is 8.10. The highest BCUT2D eigenvalue weighted by molar-refractivity contribution is 6.53. The Morgan fingerprint density at radius 3 is 1.88 bits per heavy atom. The van der Waals surface area contributed by atoms with E-state index < -0.39 is 11.6 Å². The molecule has 122 valence electrons. The van der Waals surface area contributed by atoms with Gasteiger partial charge in [-0.05, 0) is 59.9 Å². The molecule has 4 rings (SSSR count). The molecule has 0 fully saturated rings. The maximum Gasteiger partial charge on any atom is 0.234 e. The van der Waals surface area contributed by atoms with Gasteiger partial charge in [-0.15, -0.1) is 0 Å². The molecule has 0 saturated carbocycles. The zero-order valence-electron chi connectivity index (χ0n) is 14.0. The van der Waals surface area contributed by atoms with Gasteiger partial charge >= 0.3 is 0 Å². The number of hydrogen-bond acceptors (Lipinski definition) is 3. The predicted octanol–water partition coefficient (Wildman–Crippen LogP) is 4.72. The topological polar surface area (TPSA) is 54.4 Å². The molecule has 0 radical (unpaired) electrons. The van der Waals surface area contributed by atoms with Crippen molar-refractivity contribution in [2.24, 2.45) is 0 Å². The summed E-state index contributed by atoms with van der Waals surface area (Å²) in [4.78, 5) is 25.1. The van der Waals surface area contributed by atoms with Crippen LogP contribution in [-0.2, 0) is 0 Å². The summed E-state index contributed by atoms with van der Waals surface area (Å²) in [6, 6.07) is 16.5. The third-order valence-corrected chi connectivity index (χ3v) is 4.72. The van der Waals surface area contributed by atoms with Crippen molar-refractivity contribution in [3.05, 3.63) is 76.9 Å². The lowest BCUT2D eigenvalue weighted by molar-refractivity contribution is 0.0815. The summed E-state index contributed by atoms with van der Waals surface area (Å²) in [7, 11) is 0. The maximum absolute atomic E-state index is 12.6. The summed E-state index contributed by atoms with van der Waals surface area (Å²) in [6.45, 7) is 3.73. The van der Waals surface area contributed by atoms with Crippen molar-refractivity contribution >= 4 is 11.6 Å². The van der Waals surface area contributed by atoms with E-state index in [0.717, 1.165) is 33.4 Å². The first kappa shape index (κ1) is 15.3. The number of phenolic OH excluding ortho intramolecular Hbond substituents is 1. The third kappa shape index (κ3) is 2.36. The van der Waals surface area contributed by atoms with E-state index in [1.165, 1.54) is 0 Å². The lowest BCUT2D eigenvalue weighted by Crippen LogP contribution is -2.21. The largest absolute Gasteiger partial charge is 0.508 e. The molecule has 0 aromatic heterocycles. The summed E-state index contributed by atoms with van der Waals surface area (Å²) < 4.78 is 0. The fourth-order valence-electron chi connectivity index (χ4n) is 3.26. The summed E-state index contributed by atoms with van der Waals surface area (Å²) in [5, 5.41) is 9.93. The third-order valence-electron chi connectivity index (χ3n) is 4.72. The van der Waals surface area contributed by atoms with Gasteiger partial charge in [0.25, 0.3) is 0 Å². The molecule has 0 bridgehead atoms. The number of carbonyl (C=O) groups is 2. The van der Waals surface area contributed by atoms with Crippen molar-refractivity contribution in [2.45, 2.75) is 13.8 Å². The minimum atomic E-state index is -0.480.